The van der Waals surface area contributed by atoms with Crippen molar-refractivity contribution in [3.63, 3.8) is 0 Å². The number of aromatic amines is 1. The first-order valence-electron chi connectivity index (χ1n) is 5.73. The number of H-pyrrole nitrogens is 1. The Morgan fingerprint density at radius 2 is 1.87 bits per heavy atom. The molecule has 0 aliphatic rings. The highest BCUT2D eigenvalue weighted by Crippen LogP contribution is 2.23. The Morgan fingerprint density at radius 3 is 2.60 bits per heavy atom. The van der Waals surface area contributed by atoms with E-state index in [1.54, 1.807) is 0 Å². The predicted molar refractivity (Wildman–Crippen MR) is 66.0 cm³/mol. The van der Waals surface area contributed by atoms with Gasteiger partial charge in [-0.15, -0.1) is 0 Å². The van der Waals surface area contributed by atoms with Gasteiger partial charge in [-0.05, 0) is 29.9 Å². The molecule has 0 aliphatic carbocycles. The van der Waals surface area contributed by atoms with Crippen LogP contribution in [0.25, 0.3) is 10.9 Å². The molecule has 0 saturated carbocycles. The summed E-state index contributed by atoms with van der Waals surface area (Å²) in [5, 5.41) is 1.38. The lowest BCUT2D eigenvalue weighted by molar-refractivity contribution is 0.418. The normalized spacial score (nSPS) is 13.6. The van der Waals surface area contributed by atoms with Gasteiger partial charge in [0.15, 0.2) is 0 Å². The van der Waals surface area contributed by atoms with Crippen LogP contribution in [-0.2, 0) is 6.42 Å². The number of rotatable bonds is 3. The van der Waals surface area contributed by atoms with Gasteiger partial charge < -0.3 is 4.98 Å². The molecule has 1 atom stereocenters. The van der Waals surface area contributed by atoms with Crippen LogP contribution in [0.1, 0.15) is 26.3 Å². The summed E-state index contributed by atoms with van der Waals surface area (Å²) >= 11 is 0. The van der Waals surface area contributed by atoms with Crippen molar-refractivity contribution in [3.8, 4) is 0 Å². The summed E-state index contributed by atoms with van der Waals surface area (Å²) in [6.07, 6.45) is 3.32. The van der Waals surface area contributed by atoms with Crippen LogP contribution in [0.15, 0.2) is 30.5 Å². The van der Waals surface area contributed by atoms with E-state index >= 15 is 0 Å². The Labute approximate surface area is 91.5 Å². The van der Waals surface area contributed by atoms with E-state index in [2.05, 4.69) is 56.2 Å². The molecule has 2 aromatic rings. The van der Waals surface area contributed by atoms with E-state index in [0.29, 0.717) is 0 Å². The number of hydrogen-bond acceptors (Lipinski definition) is 0. The van der Waals surface area contributed by atoms with Crippen LogP contribution in [0.4, 0.5) is 0 Å². The largest absolute Gasteiger partial charge is 0.361 e. The molecule has 0 aliphatic heterocycles. The van der Waals surface area contributed by atoms with Crippen molar-refractivity contribution in [2.24, 2.45) is 11.8 Å². The molecule has 1 unspecified atom stereocenters. The lowest BCUT2D eigenvalue weighted by atomic mass is 9.91. The second kappa shape index (κ2) is 4.09. The molecule has 1 aromatic heterocycles. The van der Waals surface area contributed by atoms with Gasteiger partial charge in [0.25, 0.3) is 0 Å². The average molecular weight is 201 g/mol. The smallest absolute Gasteiger partial charge is 0.0456 e. The van der Waals surface area contributed by atoms with Crippen LogP contribution in [0.2, 0.25) is 0 Å². The van der Waals surface area contributed by atoms with Crippen molar-refractivity contribution in [2.45, 2.75) is 27.2 Å². The van der Waals surface area contributed by atoms with Gasteiger partial charge in [-0.2, -0.15) is 0 Å². The minimum Gasteiger partial charge on any atom is -0.361 e. The molecule has 1 heteroatoms. The molecule has 15 heavy (non-hydrogen) atoms. The maximum atomic E-state index is 3.33. The maximum Gasteiger partial charge on any atom is 0.0456 e. The molecule has 1 nitrogen and oxygen atoms in total. The topological polar surface area (TPSA) is 15.8 Å². The van der Waals surface area contributed by atoms with Crippen molar-refractivity contribution < 1.29 is 0 Å². The van der Waals surface area contributed by atoms with Crippen LogP contribution >= 0.6 is 0 Å². The highest BCUT2D eigenvalue weighted by molar-refractivity contribution is 5.83. The van der Waals surface area contributed by atoms with Crippen LogP contribution in [0, 0.1) is 11.8 Å². The summed E-state index contributed by atoms with van der Waals surface area (Å²) in [4.78, 5) is 3.33. The number of fused-ring (bicyclic) bond motifs is 1. The summed E-state index contributed by atoms with van der Waals surface area (Å²) in [6.45, 7) is 6.91. The van der Waals surface area contributed by atoms with E-state index in [0.717, 1.165) is 11.8 Å². The molecule has 0 bridgehead atoms. The Morgan fingerprint density at radius 1 is 1.13 bits per heavy atom. The molecular formula is C14H19N. The van der Waals surface area contributed by atoms with Crippen molar-refractivity contribution in [1.82, 2.24) is 4.98 Å². The van der Waals surface area contributed by atoms with Gasteiger partial charge in [-0.1, -0.05) is 39.0 Å². The predicted octanol–water partition coefficient (Wildman–Crippen LogP) is 4.00. The van der Waals surface area contributed by atoms with E-state index in [4.69, 9.17) is 0 Å². The number of benzene rings is 1. The van der Waals surface area contributed by atoms with Crippen LogP contribution in [-0.4, -0.2) is 4.98 Å². The molecule has 80 valence electrons. The number of nitrogens with one attached hydrogen (secondary N) is 1. The van der Waals surface area contributed by atoms with Gasteiger partial charge in [0.2, 0.25) is 0 Å². The standard InChI is InChI=1S/C14H19N/c1-10(2)11(3)8-12-9-15-14-7-5-4-6-13(12)14/h4-7,9-11,15H,8H2,1-3H3. The summed E-state index contributed by atoms with van der Waals surface area (Å²) in [6, 6.07) is 8.53. The van der Waals surface area contributed by atoms with Crippen LogP contribution in [0.3, 0.4) is 0 Å². The Kier molecular flexibility index (Phi) is 2.81. The molecule has 0 radical (unpaired) electrons. The van der Waals surface area contributed by atoms with Crippen molar-refractivity contribution in [1.29, 1.82) is 0 Å². The minimum atomic E-state index is 0.740. The number of hydrogen-bond donors (Lipinski definition) is 1. The molecular weight excluding hydrogens is 182 g/mol. The molecule has 0 spiro atoms. The fourth-order valence-corrected chi connectivity index (χ4v) is 1.88. The van der Waals surface area contributed by atoms with Gasteiger partial charge in [-0.25, -0.2) is 0 Å². The minimum absolute atomic E-state index is 0.740. The molecule has 1 heterocycles. The Hall–Kier alpha value is -1.24. The fraction of sp³-hybridized carbons (Fsp3) is 0.429. The van der Waals surface area contributed by atoms with E-state index < -0.39 is 0 Å². The van der Waals surface area contributed by atoms with Gasteiger partial charge in [0.05, 0.1) is 0 Å². The SMILES string of the molecule is CC(C)C(C)Cc1c[nH]c2ccccc12. The first-order valence-corrected chi connectivity index (χ1v) is 5.73. The van der Waals surface area contributed by atoms with E-state index in [9.17, 15) is 0 Å². The zero-order chi connectivity index (χ0) is 10.8. The van der Waals surface area contributed by atoms with Crippen molar-refractivity contribution >= 4 is 10.9 Å². The van der Waals surface area contributed by atoms with Gasteiger partial charge in [0.1, 0.15) is 0 Å². The highest BCUT2D eigenvalue weighted by atomic mass is 14.7. The van der Waals surface area contributed by atoms with E-state index in [1.165, 1.54) is 22.9 Å². The molecule has 2 rings (SSSR count). The molecule has 1 aromatic carbocycles. The van der Waals surface area contributed by atoms with Gasteiger partial charge in [-0.3, -0.25) is 0 Å². The zero-order valence-corrected chi connectivity index (χ0v) is 9.75. The third kappa shape index (κ3) is 2.06. The Bertz CT molecular complexity index is 439. The van der Waals surface area contributed by atoms with E-state index in [-0.39, 0.29) is 0 Å². The first kappa shape index (κ1) is 10.3. The summed E-state index contributed by atoms with van der Waals surface area (Å²) in [5.74, 6) is 1.49. The second-order valence-electron chi connectivity index (χ2n) is 4.78. The highest BCUT2D eigenvalue weighted by Gasteiger charge is 2.10. The first-order chi connectivity index (χ1) is 7.18. The third-order valence-electron chi connectivity index (χ3n) is 3.35. The molecule has 0 amide bonds. The van der Waals surface area contributed by atoms with Crippen molar-refractivity contribution in [3.05, 3.63) is 36.0 Å². The lowest BCUT2D eigenvalue weighted by Crippen LogP contribution is -2.06. The van der Waals surface area contributed by atoms with Crippen LogP contribution < -0.4 is 0 Å². The zero-order valence-electron chi connectivity index (χ0n) is 9.75. The van der Waals surface area contributed by atoms with E-state index in [1.807, 2.05) is 0 Å². The fourth-order valence-electron chi connectivity index (χ4n) is 1.88. The van der Waals surface area contributed by atoms with Gasteiger partial charge >= 0.3 is 0 Å². The quantitative estimate of drug-likeness (QED) is 0.772. The van der Waals surface area contributed by atoms with Crippen molar-refractivity contribution in [2.75, 3.05) is 0 Å². The monoisotopic (exact) mass is 201 g/mol. The average Bonchev–Trinajstić information content (AvgIpc) is 2.62. The molecule has 0 fully saturated rings. The third-order valence-corrected chi connectivity index (χ3v) is 3.35. The molecule has 1 N–H and O–H groups in total. The second-order valence-corrected chi connectivity index (χ2v) is 4.78. The Balaban J connectivity index is 2.29. The summed E-state index contributed by atoms with van der Waals surface area (Å²) in [5.41, 5.74) is 2.70. The summed E-state index contributed by atoms with van der Waals surface area (Å²) < 4.78 is 0. The molecule has 0 saturated heterocycles. The lowest BCUT2D eigenvalue weighted by Gasteiger charge is -2.14. The van der Waals surface area contributed by atoms with Gasteiger partial charge in [0, 0.05) is 17.1 Å². The van der Waals surface area contributed by atoms with Crippen LogP contribution in [0.5, 0.6) is 0 Å². The number of para-hydroxylation sites is 1. The maximum absolute atomic E-state index is 3.33. The summed E-state index contributed by atoms with van der Waals surface area (Å²) in [7, 11) is 0. The number of aromatic nitrogens is 1.